The van der Waals surface area contributed by atoms with Gasteiger partial charge in [0.2, 0.25) is 0 Å². The molecule has 1 aromatic carbocycles. The lowest BCUT2D eigenvalue weighted by Gasteiger charge is -2.31. The van der Waals surface area contributed by atoms with Crippen molar-refractivity contribution in [2.75, 3.05) is 0 Å². The van der Waals surface area contributed by atoms with Gasteiger partial charge in [-0.3, -0.25) is 0 Å². The van der Waals surface area contributed by atoms with E-state index in [1.54, 1.807) is 0 Å². The van der Waals surface area contributed by atoms with E-state index in [-0.39, 0.29) is 22.4 Å². The Balaban J connectivity index is 4.24. The van der Waals surface area contributed by atoms with E-state index in [4.69, 9.17) is 0 Å². The van der Waals surface area contributed by atoms with Crippen LogP contribution in [0.1, 0.15) is 55.8 Å². The van der Waals surface area contributed by atoms with E-state index in [1.807, 2.05) is 0 Å². The minimum absolute atomic E-state index is 0.0293. The third-order valence-electron chi connectivity index (χ3n) is 3.05. The number of halogens is 12. The van der Waals surface area contributed by atoms with Crippen molar-refractivity contribution < 1.29 is 0 Å². The molecule has 0 fully saturated rings. The van der Waals surface area contributed by atoms with Gasteiger partial charge in [-0.2, -0.15) is 0 Å². The predicted molar refractivity (Wildman–Crippen MR) is 150 cm³/mol. The molecule has 0 saturated carbocycles. The summed E-state index contributed by atoms with van der Waals surface area (Å²) in [6.45, 7) is 0. The number of rotatable bonds is 6. The summed E-state index contributed by atoms with van der Waals surface area (Å²) in [5.41, 5.74) is 6.80. The van der Waals surface area contributed by atoms with Crippen molar-refractivity contribution in [3.05, 3.63) is 33.4 Å². The molecule has 0 heterocycles. The Morgan fingerprint density at radius 3 is 0.375 bits per heavy atom. The minimum atomic E-state index is -0.0293. The highest BCUT2D eigenvalue weighted by atomic mass is 79.9. The molecule has 138 valence electrons. The molecule has 0 nitrogen and oxygen atoms in total. The molecule has 0 unspecified atom stereocenters. The van der Waals surface area contributed by atoms with Crippen molar-refractivity contribution in [2.24, 2.45) is 0 Å². The zero-order valence-corrected chi connectivity index (χ0v) is 30.0. The van der Waals surface area contributed by atoms with Crippen molar-refractivity contribution in [3.8, 4) is 0 Å². The van der Waals surface area contributed by atoms with E-state index in [1.165, 1.54) is 0 Å². The van der Waals surface area contributed by atoms with E-state index in [0.29, 0.717) is 0 Å². The molecule has 0 aliphatic carbocycles. The molecule has 0 aliphatic rings. The summed E-state index contributed by atoms with van der Waals surface area (Å²) in [6, 6.07) is 0. The first-order valence-electron chi connectivity index (χ1n) is 5.85. The fourth-order valence-corrected chi connectivity index (χ4v) is 8.20. The summed E-state index contributed by atoms with van der Waals surface area (Å²) < 4.78 is -0.176. The van der Waals surface area contributed by atoms with Gasteiger partial charge >= 0.3 is 0 Å². The van der Waals surface area contributed by atoms with Crippen LogP contribution in [0, 0.1) is 0 Å². The van der Waals surface area contributed by atoms with E-state index < -0.39 is 0 Å². The summed E-state index contributed by atoms with van der Waals surface area (Å²) in [5, 5.41) is 0. The van der Waals surface area contributed by atoms with Crippen LogP contribution in [0.4, 0.5) is 0 Å². The number of alkyl halides is 12. The van der Waals surface area contributed by atoms with Crippen molar-refractivity contribution in [1.82, 2.24) is 0 Å². The second-order valence-corrected chi connectivity index (χ2v) is 22.6. The molecule has 0 saturated heterocycles. The Morgan fingerprint density at radius 2 is 0.333 bits per heavy atom. The normalized spacial score (nSPS) is 12.8. The predicted octanol–water partition coefficient (Wildman–Crippen LogP) is 12.4. The van der Waals surface area contributed by atoms with Gasteiger partial charge in [-0.25, -0.2) is 0 Å². The molecular formula is C12H6Br12. The van der Waals surface area contributed by atoms with Gasteiger partial charge in [0, 0.05) is 0 Å². The van der Waals surface area contributed by atoms with Gasteiger partial charge in [-0.1, -0.05) is 191 Å². The summed E-state index contributed by atoms with van der Waals surface area (Å²) >= 11 is 44.4. The van der Waals surface area contributed by atoms with Crippen LogP contribution in [0.15, 0.2) is 0 Å². The molecule has 0 bridgehead atoms. The zero-order chi connectivity index (χ0) is 18.9. The van der Waals surface area contributed by atoms with Gasteiger partial charge in [-0.15, -0.1) is 0 Å². The lowest BCUT2D eigenvalue weighted by molar-refractivity contribution is 1.08. The van der Waals surface area contributed by atoms with Crippen LogP contribution in [0.5, 0.6) is 0 Å². The van der Waals surface area contributed by atoms with E-state index in [0.717, 1.165) is 33.4 Å². The Bertz CT molecular complexity index is 426. The highest BCUT2D eigenvalue weighted by Gasteiger charge is 2.35. The molecule has 0 radical (unpaired) electrons. The molecule has 1 rings (SSSR count). The van der Waals surface area contributed by atoms with E-state index in [9.17, 15) is 0 Å². The zero-order valence-electron chi connectivity index (χ0n) is 11.0. The molecule has 0 atom stereocenters. The van der Waals surface area contributed by atoms with Gasteiger partial charge < -0.3 is 0 Å². The maximum absolute atomic E-state index is 3.70. The Kier molecular flexibility index (Phi) is 13.7. The summed E-state index contributed by atoms with van der Waals surface area (Å²) in [6.07, 6.45) is 0. The minimum Gasteiger partial charge on any atom is -0.0712 e. The topological polar surface area (TPSA) is 0 Å². The highest BCUT2D eigenvalue weighted by Crippen LogP contribution is 2.58. The maximum Gasteiger partial charge on any atom is 0.0953 e. The average Bonchev–Trinajstić information content (AvgIpc) is 2.42. The lowest BCUT2D eigenvalue weighted by atomic mass is 9.90. The molecule has 0 spiro atoms. The summed E-state index contributed by atoms with van der Waals surface area (Å²) in [5.74, 6) is 0. The molecule has 0 amide bonds. The molecule has 12 heteroatoms. The second kappa shape index (κ2) is 12.1. The largest absolute Gasteiger partial charge is 0.0953 e. The van der Waals surface area contributed by atoms with Crippen LogP contribution in [-0.2, 0) is 0 Å². The van der Waals surface area contributed by atoms with Crippen molar-refractivity contribution in [3.63, 3.8) is 0 Å². The number of benzene rings is 1. The molecule has 0 N–H and O–H groups in total. The van der Waals surface area contributed by atoms with Crippen LogP contribution >= 0.6 is 191 Å². The van der Waals surface area contributed by atoms with Gasteiger partial charge in [0.15, 0.2) is 0 Å². The van der Waals surface area contributed by atoms with Crippen LogP contribution in [-0.4, -0.2) is 0 Å². The average molecular weight is 1110 g/mol. The number of hydrogen-bond donors (Lipinski definition) is 0. The quantitative estimate of drug-likeness (QED) is 0.249. The number of hydrogen-bond acceptors (Lipinski definition) is 0. The smallest absolute Gasteiger partial charge is 0.0712 e. The third-order valence-corrected chi connectivity index (χ3v) is 8.54. The molecular weight excluding hydrogens is 1100 g/mol. The van der Waals surface area contributed by atoms with Crippen molar-refractivity contribution >= 4 is 191 Å². The van der Waals surface area contributed by atoms with Gasteiger partial charge in [0.25, 0.3) is 0 Å². The molecule has 0 aliphatic heterocycles. The monoisotopic (exact) mass is 1100 g/mol. The van der Waals surface area contributed by atoms with E-state index >= 15 is 0 Å². The summed E-state index contributed by atoms with van der Waals surface area (Å²) in [4.78, 5) is 0. The van der Waals surface area contributed by atoms with Crippen molar-refractivity contribution in [1.29, 1.82) is 0 Å². The Labute approximate surface area is 242 Å². The summed E-state index contributed by atoms with van der Waals surface area (Å²) in [7, 11) is 0. The van der Waals surface area contributed by atoms with Crippen molar-refractivity contribution in [2.45, 2.75) is 22.4 Å². The van der Waals surface area contributed by atoms with Crippen LogP contribution in [0.3, 0.4) is 0 Å². The third kappa shape index (κ3) is 6.49. The fraction of sp³-hybridized carbons (Fsp3) is 0.500. The van der Waals surface area contributed by atoms with Crippen LogP contribution < -0.4 is 0 Å². The van der Waals surface area contributed by atoms with Crippen LogP contribution in [0.2, 0.25) is 0 Å². The Morgan fingerprint density at radius 1 is 0.250 bits per heavy atom. The maximum atomic E-state index is 3.70. The first-order valence-corrected chi connectivity index (χ1v) is 16.8. The highest BCUT2D eigenvalue weighted by molar-refractivity contribution is 9.25. The van der Waals surface area contributed by atoms with Gasteiger partial charge in [0.05, 0.1) is 22.4 Å². The van der Waals surface area contributed by atoms with Crippen LogP contribution in [0.25, 0.3) is 0 Å². The van der Waals surface area contributed by atoms with E-state index in [2.05, 4.69) is 191 Å². The first kappa shape index (κ1) is 27.0. The molecule has 0 aromatic heterocycles. The second-order valence-electron chi connectivity index (χ2n) is 4.29. The first-order chi connectivity index (χ1) is 10.9. The Hall–Kier alpha value is 4.98. The standard InChI is InChI=1S/C12H6Br12/c13-7(14)1-2(8(15)16)4(10(19)20)6(12(23)24)5(11(21)22)3(1)9(17)18/h7-12H. The molecule has 24 heavy (non-hydrogen) atoms. The van der Waals surface area contributed by atoms with Gasteiger partial charge in [0.1, 0.15) is 0 Å². The fourth-order valence-electron chi connectivity index (χ4n) is 2.28. The van der Waals surface area contributed by atoms with Gasteiger partial charge in [-0.05, 0) is 33.4 Å². The lowest BCUT2D eigenvalue weighted by Crippen LogP contribution is -2.13. The SMILES string of the molecule is BrC(Br)c1c(C(Br)Br)c(C(Br)Br)c(C(Br)Br)c(C(Br)Br)c1C(Br)Br. The molecule has 1 aromatic rings.